The molecule has 0 unspecified atom stereocenters. The first-order chi connectivity index (χ1) is 10.6. The van der Waals surface area contributed by atoms with E-state index in [1.165, 1.54) is 5.56 Å². The first kappa shape index (κ1) is 16.5. The number of piperidine rings is 1. The van der Waals surface area contributed by atoms with Gasteiger partial charge in [-0.15, -0.1) is 0 Å². The average molecular weight is 303 g/mol. The van der Waals surface area contributed by atoms with Crippen molar-refractivity contribution < 1.29 is 9.59 Å². The number of hydrogen-bond acceptors (Lipinski definition) is 3. The fraction of sp³-hybridized carbons (Fsp3) is 0.588. The maximum Gasteiger partial charge on any atom is 0.225 e. The van der Waals surface area contributed by atoms with Gasteiger partial charge in [-0.25, -0.2) is 0 Å². The molecule has 0 aliphatic carbocycles. The zero-order valence-electron chi connectivity index (χ0n) is 13.5. The molecule has 22 heavy (non-hydrogen) atoms. The largest absolute Gasteiger partial charge is 0.343 e. The van der Waals surface area contributed by atoms with Crippen molar-refractivity contribution in [2.24, 2.45) is 5.92 Å². The molecule has 0 bridgehead atoms. The van der Waals surface area contributed by atoms with Crippen LogP contribution in [0.5, 0.6) is 0 Å². The molecule has 2 heterocycles. The Bertz CT molecular complexity index is 496. The van der Waals surface area contributed by atoms with E-state index in [1.54, 1.807) is 19.3 Å². The Labute approximate surface area is 132 Å². The van der Waals surface area contributed by atoms with Crippen LogP contribution >= 0.6 is 0 Å². The van der Waals surface area contributed by atoms with E-state index < -0.39 is 0 Å². The molecule has 1 aromatic rings. The van der Waals surface area contributed by atoms with Crippen LogP contribution in [0, 0.1) is 5.92 Å². The van der Waals surface area contributed by atoms with Crippen LogP contribution in [-0.2, 0) is 16.0 Å². The monoisotopic (exact) mass is 303 g/mol. The van der Waals surface area contributed by atoms with Crippen LogP contribution in [-0.4, -0.2) is 52.8 Å². The lowest BCUT2D eigenvalue weighted by Crippen LogP contribution is -2.44. The predicted molar refractivity (Wildman–Crippen MR) is 85.2 cm³/mol. The van der Waals surface area contributed by atoms with Crippen molar-refractivity contribution in [3.8, 4) is 0 Å². The quantitative estimate of drug-likeness (QED) is 0.832. The topological polar surface area (TPSA) is 53.5 Å². The molecule has 2 rings (SSSR count). The molecule has 5 nitrogen and oxygen atoms in total. The highest BCUT2D eigenvalue weighted by Gasteiger charge is 2.28. The van der Waals surface area contributed by atoms with E-state index in [0.29, 0.717) is 13.1 Å². The summed E-state index contributed by atoms with van der Waals surface area (Å²) in [5, 5.41) is 0. The molecule has 2 amide bonds. The Balaban J connectivity index is 1.85. The average Bonchev–Trinajstić information content (AvgIpc) is 2.56. The van der Waals surface area contributed by atoms with Gasteiger partial charge in [0, 0.05) is 51.4 Å². The van der Waals surface area contributed by atoms with Crippen molar-refractivity contribution in [2.45, 2.75) is 33.1 Å². The van der Waals surface area contributed by atoms with Gasteiger partial charge in [0.25, 0.3) is 0 Å². The Kier molecular flexibility index (Phi) is 5.92. The minimum Gasteiger partial charge on any atom is -0.343 e. The molecule has 5 heteroatoms. The van der Waals surface area contributed by atoms with Crippen LogP contribution in [0.1, 0.15) is 32.3 Å². The molecule has 1 saturated heterocycles. The molecular formula is C17H25N3O2. The number of likely N-dealkylation sites (N-methyl/N-ethyl adjacent to an activating group) is 1. The van der Waals surface area contributed by atoms with E-state index in [1.807, 2.05) is 28.9 Å². The molecule has 1 aliphatic heterocycles. The van der Waals surface area contributed by atoms with Crippen LogP contribution in [0.25, 0.3) is 0 Å². The Morgan fingerprint density at radius 2 is 1.91 bits per heavy atom. The second-order valence-corrected chi connectivity index (χ2v) is 5.80. The summed E-state index contributed by atoms with van der Waals surface area (Å²) in [5.41, 5.74) is 1.20. The molecule has 0 N–H and O–H groups in total. The SMILES string of the molecule is CCN(CCc1ccncc1)C(=O)C1CCN(C(C)=O)CC1. The number of aromatic nitrogens is 1. The summed E-state index contributed by atoms with van der Waals surface area (Å²) in [5.74, 6) is 0.406. The van der Waals surface area contributed by atoms with Crippen molar-refractivity contribution in [1.29, 1.82) is 0 Å². The highest BCUT2D eigenvalue weighted by molar-refractivity contribution is 5.79. The highest BCUT2D eigenvalue weighted by Crippen LogP contribution is 2.20. The molecule has 0 atom stereocenters. The number of carbonyl (C=O) groups excluding carboxylic acids is 2. The van der Waals surface area contributed by atoms with Gasteiger partial charge >= 0.3 is 0 Å². The van der Waals surface area contributed by atoms with Crippen LogP contribution in [0.3, 0.4) is 0 Å². The van der Waals surface area contributed by atoms with Gasteiger partial charge in [0.15, 0.2) is 0 Å². The van der Waals surface area contributed by atoms with Gasteiger partial charge in [0.2, 0.25) is 11.8 Å². The van der Waals surface area contributed by atoms with Crippen molar-refractivity contribution in [3.05, 3.63) is 30.1 Å². The highest BCUT2D eigenvalue weighted by atomic mass is 16.2. The molecule has 0 radical (unpaired) electrons. The van der Waals surface area contributed by atoms with E-state index >= 15 is 0 Å². The molecule has 1 aromatic heterocycles. The number of nitrogens with zero attached hydrogens (tertiary/aromatic N) is 3. The smallest absolute Gasteiger partial charge is 0.225 e. The van der Waals surface area contributed by atoms with Gasteiger partial charge in [-0.1, -0.05) is 0 Å². The minimum atomic E-state index is 0.0630. The Morgan fingerprint density at radius 1 is 1.27 bits per heavy atom. The number of likely N-dealkylation sites (tertiary alicyclic amines) is 1. The fourth-order valence-corrected chi connectivity index (χ4v) is 2.94. The number of carbonyl (C=O) groups is 2. The number of pyridine rings is 1. The molecule has 0 saturated carbocycles. The summed E-state index contributed by atoms with van der Waals surface area (Å²) in [6.45, 7) is 6.49. The lowest BCUT2D eigenvalue weighted by molar-refractivity contribution is -0.139. The van der Waals surface area contributed by atoms with Crippen molar-refractivity contribution in [2.75, 3.05) is 26.2 Å². The van der Waals surface area contributed by atoms with Gasteiger partial charge in [0.05, 0.1) is 0 Å². The third-order valence-corrected chi connectivity index (χ3v) is 4.40. The predicted octanol–water partition coefficient (Wildman–Crippen LogP) is 1.73. The van der Waals surface area contributed by atoms with Crippen molar-refractivity contribution in [1.82, 2.24) is 14.8 Å². The summed E-state index contributed by atoms with van der Waals surface area (Å²) in [6, 6.07) is 3.98. The van der Waals surface area contributed by atoms with Gasteiger partial charge < -0.3 is 9.80 Å². The molecular weight excluding hydrogens is 278 g/mol. The number of amides is 2. The van der Waals surface area contributed by atoms with Crippen LogP contribution in [0.15, 0.2) is 24.5 Å². The van der Waals surface area contributed by atoms with Gasteiger partial charge in [-0.2, -0.15) is 0 Å². The molecule has 1 fully saturated rings. The minimum absolute atomic E-state index is 0.0630. The second-order valence-electron chi connectivity index (χ2n) is 5.80. The lowest BCUT2D eigenvalue weighted by atomic mass is 9.95. The maximum atomic E-state index is 12.6. The maximum absolute atomic E-state index is 12.6. The molecule has 0 spiro atoms. The van der Waals surface area contributed by atoms with E-state index in [2.05, 4.69) is 4.98 Å². The zero-order chi connectivity index (χ0) is 15.9. The first-order valence-corrected chi connectivity index (χ1v) is 8.05. The van der Waals surface area contributed by atoms with Crippen molar-refractivity contribution >= 4 is 11.8 Å². The summed E-state index contributed by atoms with van der Waals surface area (Å²) < 4.78 is 0. The van der Waals surface area contributed by atoms with Crippen LogP contribution in [0.4, 0.5) is 0 Å². The third-order valence-electron chi connectivity index (χ3n) is 4.40. The normalized spacial score (nSPS) is 15.6. The summed E-state index contributed by atoms with van der Waals surface area (Å²) in [4.78, 5) is 31.8. The lowest BCUT2D eigenvalue weighted by Gasteiger charge is -2.33. The Hall–Kier alpha value is -1.91. The van der Waals surface area contributed by atoms with Gasteiger partial charge in [-0.05, 0) is 43.9 Å². The van der Waals surface area contributed by atoms with Crippen LogP contribution in [0.2, 0.25) is 0 Å². The second kappa shape index (κ2) is 7.92. The molecule has 120 valence electrons. The van der Waals surface area contributed by atoms with E-state index in [4.69, 9.17) is 0 Å². The van der Waals surface area contributed by atoms with Gasteiger partial charge in [0.1, 0.15) is 0 Å². The van der Waals surface area contributed by atoms with E-state index in [9.17, 15) is 9.59 Å². The summed E-state index contributed by atoms with van der Waals surface area (Å²) in [7, 11) is 0. The number of rotatable bonds is 5. The first-order valence-electron chi connectivity index (χ1n) is 8.05. The Morgan fingerprint density at radius 3 is 2.45 bits per heavy atom. The van der Waals surface area contributed by atoms with E-state index in [-0.39, 0.29) is 17.7 Å². The zero-order valence-corrected chi connectivity index (χ0v) is 13.5. The van der Waals surface area contributed by atoms with E-state index in [0.717, 1.165) is 32.4 Å². The standard InChI is InChI=1S/C17H25N3O2/c1-3-19(11-6-15-4-9-18-10-5-15)17(22)16-7-12-20(13-8-16)14(2)21/h4-5,9-10,16H,3,6-8,11-13H2,1-2H3. The molecule has 0 aromatic carbocycles. The molecule has 1 aliphatic rings. The fourth-order valence-electron chi connectivity index (χ4n) is 2.94. The number of hydrogen-bond donors (Lipinski definition) is 0. The summed E-state index contributed by atoms with van der Waals surface area (Å²) >= 11 is 0. The summed E-state index contributed by atoms with van der Waals surface area (Å²) in [6.07, 6.45) is 5.98. The van der Waals surface area contributed by atoms with Gasteiger partial charge in [-0.3, -0.25) is 14.6 Å². The third kappa shape index (κ3) is 4.29. The van der Waals surface area contributed by atoms with Crippen LogP contribution < -0.4 is 0 Å². The van der Waals surface area contributed by atoms with Crippen molar-refractivity contribution in [3.63, 3.8) is 0 Å².